The molecule has 0 aliphatic rings. The lowest BCUT2D eigenvalue weighted by Crippen LogP contribution is -2.26. The van der Waals surface area contributed by atoms with Crippen LogP contribution in [-0.4, -0.2) is 27.5 Å². The maximum absolute atomic E-state index is 14.1. The minimum absolute atomic E-state index is 0.0703. The second kappa shape index (κ2) is 8.44. The fraction of sp³-hybridized carbons (Fsp3) is 0.222. The van der Waals surface area contributed by atoms with Gasteiger partial charge in [0.15, 0.2) is 5.75 Å². The van der Waals surface area contributed by atoms with Crippen LogP contribution >= 0.6 is 15.9 Å². The zero-order valence-corrected chi connectivity index (χ0v) is 16.4. The van der Waals surface area contributed by atoms with Gasteiger partial charge in [0.1, 0.15) is 24.6 Å². The lowest BCUT2D eigenvalue weighted by Gasteiger charge is -2.13. The normalized spacial score (nSPS) is 12.0. The largest absolute Gasteiger partial charge is 0.485 e. The van der Waals surface area contributed by atoms with Crippen LogP contribution in [0.4, 0.5) is 21.6 Å². The van der Waals surface area contributed by atoms with Gasteiger partial charge in [-0.2, -0.15) is 0 Å². The van der Waals surface area contributed by atoms with Gasteiger partial charge in [-0.05, 0) is 24.6 Å². The van der Waals surface area contributed by atoms with Crippen molar-refractivity contribution in [3.05, 3.63) is 57.1 Å². The molecular weight excluding hydrogens is 433 g/mol. The number of halogens is 2. The molecule has 8 nitrogen and oxygen atoms in total. The summed E-state index contributed by atoms with van der Waals surface area (Å²) < 4.78 is 20.3. The lowest BCUT2D eigenvalue weighted by molar-refractivity contribution is -0.385. The summed E-state index contributed by atoms with van der Waals surface area (Å²) in [5.41, 5.74) is 6.18. The number of nitrogens with two attached hydrogens (primary N) is 1. The van der Waals surface area contributed by atoms with Crippen molar-refractivity contribution in [1.29, 1.82) is 0 Å². The number of rotatable bonds is 7. The van der Waals surface area contributed by atoms with Crippen molar-refractivity contribution in [2.75, 3.05) is 11.9 Å². The van der Waals surface area contributed by atoms with Crippen LogP contribution < -0.4 is 15.8 Å². The molecule has 146 valence electrons. The SMILES string of the molecule is CCC(N)COc1cc2ncnc(Nc3ccc(Br)cc3F)c2cc1[N+](=O)[O-]. The highest BCUT2D eigenvalue weighted by Crippen LogP contribution is 2.35. The summed E-state index contributed by atoms with van der Waals surface area (Å²) in [7, 11) is 0. The highest BCUT2D eigenvalue weighted by Gasteiger charge is 2.20. The summed E-state index contributed by atoms with van der Waals surface area (Å²) in [4.78, 5) is 19.2. The highest BCUT2D eigenvalue weighted by atomic mass is 79.9. The maximum atomic E-state index is 14.1. The summed E-state index contributed by atoms with van der Waals surface area (Å²) in [6, 6.07) is 7.03. The Balaban J connectivity index is 2.03. The van der Waals surface area contributed by atoms with E-state index in [1.807, 2.05) is 6.92 Å². The Morgan fingerprint density at radius 1 is 1.36 bits per heavy atom. The second-order valence-electron chi connectivity index (χ2n) is 6.04. The zero-order valence-electron chi connectivity index (χ0n) is 14.9. The van der Waals surface area contributed by atoms with E-state index >= 15 is 0 Å². The van der Waals surface area contributed by atoms with Gasteiger partial charge < -0.3 is 15.8 Å². The third-order valence-corrected chi connectivity index (χ3v) is 4.57. The van der Waals surface area contributed by atoms with Crippen LogP contribution in [0.25, 0.3) is 10.9 Å². The van der Waals surface area contributed by atoms with Crippen LogP contribution in [0.1, 0.15) is 13.3 Å². The smallest absolute Gasteiger partial charge is 0.311 e. The van der Waals surface area contributed by atoms with Gasteiger partial charge in [-0.15, -0.1) is 0 Å². The number of ether oxygens (including phenoxy) is 1. The molecule has 0 amide bonds. The summed E-state index contributed by atoms with van der Waals surface area (Å²) in [5, 5.41) is 14.7. The number of benzene rings is 2. The molecule has 1 aromatic heterocycles. The number of fused-ring (bicyclic) bond motifs is 1. The van der Waals surface area contributed by atoms with Crippen LogP contribution in [0.15, 0.2) is 41.1 Å². The van der Waals surface area contributed by atoms with Crippen LogP contribution in [-0.2, 0) is 0 Å². The number of anilines is 2. The maximum Gasteiger partial charge on any atom is 0.311 e. The van der Waals surface area contributed by atoms with Crippen LogP contribution in [0.2, 0.25) is 0 Å². The molecule has 28 heavy (non-hydrogen) atoms. The Kier molecular flexibility index (Phi) is 6.00. The zero-order chi connectivity index (χ0) is 20.3. The second-order valence-corrected chi connectivity index (χ2v) is 6.96. The van der Waals surface area contributed by atoms with Crippen LogP contribution in [0.3, 0.4) is 0 Å². The van der Waals surface area contributed by atoms with Crippen LogP contribution in [0, 0.1) is 15.9 Å². The molecule has 0 spiro atoms. The third-order valence-electron chi connectivity index (χ3n) is 4.07. The average Bonchev–Trinajstić information content (AvgIpc) is 2.67. The van der Waals surface area contributed by atoms with E-state index in [0.29, 0.717) is 21.8 Å². The molecule has 0 saturated carbocycles. The van der Waals surface area contributed by atoms with Crippen molar-refractivity contribution in [1.82, 2.24) is 9.97 Å². The molecule has 0 bridgehead atoms. The van der Waals surface area contributed by atoms with Gasteiger partial charge in [-0.25, -0.2) is 14.4 Å². The predicted molar refractivity (Wildman–Crippen MR) is 107 cm³/mol. The predicted octanol–water partition coefficient (Wildman–Crippen LogP) is 4.30. The van der Waals surface area contributed by atoms with Gasteiger partial charge in [0.25, 0.3) is 0 Å². The summed E-state index contributed by atoms with van der Waals surface area (Å²) in [5.74, 6) is -0.184. The highest BCUT2D eigenvalue weighted by molar-refractivity contribution is 9.10. The van der Waals surface area contributed by atoms with Gasteiger partial charge in [0, 0.05) is 22.6 Å². The molecule has 0 aliphatic carbocycles. The molecule has 0 aliphatic heterocycles. The molecule has 0 fully saturated rings. The van der Waals surface area contributed by atoms with E-state index in [1.165, 1.54) is 30.6 Å². The van der Waals surface area contributed by atoms with Crippen molar-refractivity contribution in [3.8, 4) is 5.75 Å². The first-order valence-electron chi connectivity index (χ1n) is 8.42. The fourth-order valence-corrected chi connectivity index (χ4v) is 2.80. The van der Waals surface area contributed by atoms with Gasteiger partial charge in [-0.3, -0.25) is 10.1 Å². The molecule has 3 rings (SSSR count). The summed E-state index contributed by atoms with van der Waals surface area (Å²) in [6.45, 7) is 2.04. The Bertz CT molecular complexity index is 1030. The molecule has 0 saturated heterocycles. The number of nitrogens with one attached hydrogen (secondary N) is 1. The fourth-order valence-electron chi connectivity index (χ4n) is 2.46. The molecule has 2 aromatic carbocycles. The van der Waals surface area contributed by atoms with E-state index in [-0.39, 0.29) is 35.6 Å². The lowest BCUT2D eigenvalue weighted by atomic mass is 10.2. The van der Waals surface area contributed by atoms with Crippen molar-refractivity contribution in [2.24, 2.45) is 5.73 Å². The number of aromatic nitrogens is 2. The Morgan fingerprint density at radius 2 is 2.14 bits per heavy atom. The molecule has 1 atom stereocenters. The molecular formula is C18H17BrFN5O3. The van der Waals surface area contributed by atoms with Crippen molar-refractivity contribution >= 4 is 44.0 Å². The minimum atomic E-state index is -0.552. The standard InChI is InChI=1S/C18H17BrFN5O3/c1-2-11(21)8-28-17-7-15-12(6-16(17)25(26)27)18(23-9-22-15)24-14-4-3-10(19)5-13(14)20/h3-7,9,11H,2,8,21H2,1H3,(H,22,23,24). The van der Waals surface area contributed by atoms with E-state index < -0.39 is 10.7 Å². The Hall–Kier alpha value is -2.85. The van der Waals surface area contributed by atoms with Gasteiger partial charge in [-0.1, -0.05) is 22.9 Å². The van der Waals surface area contributed by atoms with Crippen molar-refractivity contribution in [2.45, 2.75) is 19.4 Å². The van der Waals surface area contributed by atoms with E-state index in [2.05, 4.69) is 31.2 Å². The monoisotopic (exact) mass is 449 g/mol. The topological polar surface area (TPSA) is 116 Å². The molecule has 3 N–H and O–H groups in total. The molecule has 1 heterocycles. The Morgan fingerprint density at radius 3 is 2.82 bits per heavy atom. The van der Waals surface area contributed by atoms with Gasteiger partial charge >= 0.3 is 5.69 Å². The van der Waals surface area contributed by atoms with Gasteiger partial charge in [0.2, 0.25) is 0 Å². The van der Waals surface area contributed by atoms with E-state index in [1.54, 1.807) is 6.07 Å². The summed E-state index contributed by atoms with van der Waals surface area (Å²) >= 11 is 3.19. The first-order chi connectivity index (χ1) is 13.4. The van der Waals surface area contributed by atoms with Gasteiger partial charge in [0.05, 0.1) is 21.5 Å². The average molecular weight is 450 g/mol. The van der Waals surface area contributed by atoms with Crippen LogP contribution in [0.5, 0.6) is 5.75 Å². The number of nitro groups is 1. The first-order valence-corrected chi connectivity index (χ1v) is 9.22. The Labute approximate surface area is 168 Å². The van der Waals surface area contributed by atoms with E-state index in [9.17, 15) is 14.5 Å². The number of hydrogen-bond acceptors (Lipinski definition) is 7. The third kappa shape index (κ3) is 4.34. The van der Waals surface area contributed by atoms with E-state index in [4.69, 9.17) is 10.5 Å². The van der Waals surface area contributed by atoms with Crippen molar-refractivity contribution in [3.63, 3.8) is 0 Å². The van der Waals surface area contributed by atoms with Crippen molar-refractivity contribution < 1.29 is 14.1 Å². The number of hydrogen-bond donors (Lipinski definition) is 2. The molecule has 1 unspecified atom stereocenters. The quantitative estimate of drug-likeness (QED) is 0.407. The molecule has 10 heteroatoms. The first kappa shape index (κ1) is 19.9. The number of nitro benzene ring substituents is 1. The number of nitrogens with zero attached hydrogens (tertiary/aromatic N) is 3. The summed E-state index contributed by atoms with van der Waals surface area (Å²) in [6.07, 6.45) is 1.96. The minimum Gasteiger partial charge on any atom is -0.485 e. The molecule has 0 radical (unpaired) electrons. The molecule has 3 aromatic rings. The van der Waals surface area contributed by atoms with E-state index in [0.717, 1.165) is 0 Å².